The van der Waals surface area contributed by atoms with Crippen molar-refractivity contribution in [2.75, 3.05) is 6.61 Å². The highest BCUT2D eigenvalue weighted by Crippen LogP contribution is 2.89. The molecule has 0 radical (unpaired) electrons. The minimum Gasteiger partial charge on any atom is -0.488 e. The van der Waals surface area contributed by atoms with Gasteiger partial charge in [0.15, 0.2) is 12.4 Å². The molecule has 9 nitrogen and oxygen atoms in total. The number of carbonyl (C=O) groups is 3. The van der Waals surface area contributed by atoms with Crippen molar-refractivity contribution in [3.8, 4) is 0 Å². The summed E-state index contributed by atoms with van der Waals surface area (Å²) in [4.78, 5) is 34.5. The first-order valence-electron chi connectivity index (χ1n) is 17.1. The molecule has 0 amide bonds. The lowest BCUT2D eigenvalue weighted by Gasteiger charge is -2.63. The van der Waals surface area contributed by atoms with Crippen molar-refractivity contribution < 1.29 is 43.5 Å². The molecule has 0 saturated heterocycles. The molecule has 4 saturated carbocycles. The van der Waals surface area contributed by atoms with Crippen molar-refractivity contribution in [2.24, 2.45) is 44.8 Å². The van der Waals surface area contributed by atoms with Crippen LogP contribution in [-0.4, -0.2) is 71.7 Å². The Kier molecular flexibility index (Phi) is 7.80. The minimum atomic E-state index is -1.30. The summed E-state index contributed by atoms with van der Waals surface area (Å²) >= 11 is 0. The summed E-state index contributed by atoms with van der Waals surface area (Å²) in [6.45, 7) is 15.8. The number of aliphatic hydroxyl groups is 2. The average molecular weight is 631 g/mol. The van der Waals surface area contributed by atoms with E-state index >= 15 is 0 Å². The second kappa shape index (κ2) is 10.6. The maximum atomic E-state index is 12.4. The van der Waals surface area contributed by atoms with Crippen LogP contribution in [-0.2, 0) is 33.3 Å². The van der Waals surface area contributed by atoms with E-state index in [0.717, 1.165) is 44.9 Å². The van der Waals surface area contributed by atoms with E-state index in [2.05, 4.69) is 34.6 Å². The van der Waals surface area contributed by atoms with Gasteiger partial charge < -0.3 is 34.0 Å². The maximum Gasteiger partial charge on any atom is 0.303 e. The third-order valence-corrected chi connectivity index (χ3v) is 14.2. The monoisotopic (exact) mass is 630 g/mol. The second-order valence-electron chi connectivity index (χ2n) is 16.9. The number of aliphatic hydroxyl groups excluding tert-OH is 1. The molecule has 45 heavy (non-hydrogen) atoms. The zero-order valence-electron chi connectivity index (χ0n) is 28.4. The van der Waals surface area contributed by atoms with E-state index in [1.165, 1.54) is 12.5 Å². The van der Waals surface area contributed by atoms with Crippen molar-refractivity contribution in [3.05, 3.63) is 11.3 Å². The molecule has 6 rings (SSSR count). The van der Waals surface area contributed by atoms with Crippen molar-refractivity contribution >= 4 is 18.5 Å². The van der Waals surface area contributed by atoms with Crippen LogP contribution in [0.5, 0.6) is 0 Å². The fourth-order valence-corrected chi connectivity index (χ4v) is 12.3. The lowest BCUT2D eigenvalue weighted by molar-refractivity contribution is -0.222. The van der Waals surface area contributed by atoms with Gasteiger partial charge >= 0.3 is 5.97 Å². The quantitative estimate of drug-likeness (QED) is 0.208. The van der Waals surface area contributed by atoms with Crippen molar-refractivity contribution in [3.63, 3.8) is 0 Å². The molecular weight excluding hydrogens is 576 g/mol. The van der Waals surface area contributed by atoms with Gasteiger partial charge in [-0.25, -0.2) is 0 Å². The van der Waals surface area contributed by atoms with Gasteiger partial charge in [-0.3, -0.25) is 9.59 Å². The number of rotatable bonds is 9. The molecule has 1 heterocycles. The lowest BCUT2D eigenvalue weighted by atomic mass is 9.41. The lowest BCUT2D eigenvalue weighted by Crippen LogP contribution is -2.60. The van der Waals surface area contributed by atoms with Crippen LogP contribution >= 0.6 is 0 Å². The fourth-order valence-electron chi connectivity index (χ4n) is 12.3. The van der Waals surface area contributed by atoms with Crippen LogP contribution in [0.15, 0.2) is 11.3 Å². The zero-order valence-corrected chi connectivity index (χ0v) is 28.4. The third kappa shape index (κ3) is 4.42. The average Bonchev–Trinajstić information content (AvgIpc) is 3.59. The number of aldehydes is 2. The molecule has 0 aromatic carbocycles. The smallest absolute Gasteiger partial charge is 0.303 e. The number of allylic oxidation sites excluding steroid dienone is 1. The summed E-state index contributed by atoms with van der Waals surface area (Å²) in [7, 11) is 0. The molecule has 2 spiro atoms. The molecule has 252 valence electrons. The number of carbonyl (C=O) groups excluding carboxylic acids is 3. The molecular formula is C36H54O9. The second-order valence-corrected chi connectivity index (χ2v) is 16.9. The maximum absolute atomic E-state index is 12.4. The van der Waals surface area contributed by atoms with Gasteiger partial charge in [0, 0.05) is 17.8 Å². The third-order valence-electron chi connectivity index (χ3n) is 14.2. The zero-order chi connectivity index (χ0) is 33.0. The summed E-state index contributed by atoms with van der Waals surface area (Å²) in [5, 5.41) is 23.4. The normalized spacial score (nSPS) is 45.8. The van der Waals surface area contributed by atoms with Gasteiger partial charge in [-0.15, -0.1) is 0 Å². The van der Waals surface area contributed by atoms with Gasteiger partial charge in [0.05, 0.1) is 11.7 Å². The number of hydrogen-bond acceptors (Lipinski definition) is 9. The Balaban J connectivity index is 1.28. The highest BCUT2D eigenvalue weighted by molar-refractivity contribution is 5.66. The number of esters is 1. The standard InChI is InChI=1S/C36H54O9/c1-20-17-22(30(32(5,6)41)43-21(2)39)44-28-27(20)33(7)13-14-36-19-35(36)12-11-25(45-26(18-38)42-16-15-37)31(3,4)23(35)9-10-24(36)34(33,8)29(28)40/h15,18,20,22-26,29-30,40-41H,9-14,16-17,19H2,1-8H3/t20-,22-,23+,24+,25+,26+,29+,30+,33-,34-,35-,36+/m1/s1. The van der Waals surface area contributed by atoms with Crippen LogP contribution in [0.3, 0.4) is 0 Å². The Morgan fingerprint density at radius 2 is 1.73 bits per heavy atom. The Bertz CT molecular complexity index is 1270. The first kappa shape index (κ1) is 33.1. The van der Waals surface area contributed by atoms with Crippen LogP contribution < -0.4 is 0 Å². The van der Waals surface area contributed by atoms with Crippen LogP contribution in [0, 0.1) is 44.8 Å². The highest BCUT2D eigenvalue weighted by atomic mass is 16.7. The number of ether oxygens (including phenoxy) is 4. The molecule has 4 fully saturated rings. The highest BCUT2D eigenvalue weighted by Gasteiger charge is 2.83. The molecule has 2 N–H and O–H groups in total. The Hall–Kier alpha value is -1.81. The van der Waals surface area contributed by atoms with Crippen molar-refractivity contribution in [1.82, 2.24) is 0 Å². The summed E-state index contributed by atoms with van der Waals surface area (Å²) in [5.41, 5.74) is -0.609. The van der Waals surface area contributed by atoms with Gasteiger partial charge in [-0.2, -0.15) is 0 Å². The van der Waals surface area contributed by atoms with E-state index in [9.17, 15) is 24.6 Å². The largest absolute Gasteiger partial charge is 0.488 e. The molecule has 6 aliphatic rings. The Morgan fingerprint density at radius 1 is 1.07 bits per heavy atom. The van der Waals surface area contributed by atoms with Crippen molar-refractivity contribution in [2.45, 2.75) is 143 Å². The Morgan fingerprint density at radius 3 is 2.36 bits per heavy atom. The van der Waals surface area contributed by atoms with Gasteiger partial charge in [0.2, 0.25) is 6.29 Å². The first-order valence-corrected chi connectivity index (χ1v) is 17.1. The van der Waals surface area contributed by atoms with Crippen molar-refractivity contribution in [1.29, 1.82) is 0 Å². The molecule has 0 aromatic heterocycles. The van der Waals surface area contributed by atoms with Gasteiger partial charge in [0.1, 0.15) is 30.9 Å². The van der Waals surface area contributed by atoms with Crippen LogP contribution in [0.4, 0.5) is 0 Å². The summed E-state index contributed by atoms with van der Waals surface area (Å²) in [6, 6.07) is 0. The molecule has 0 aromatic rings. The fraction of sp³-hybridized carbons (Fsp3) is 0.861. The first-order chi connectivity index (χ1) is 20.9. The van der Waals surface area contributed by atoms with E-state index in [-0.39, 0.29) is 40.3 Å². The predicted octanol–water partition coefficient (Wildman–Crippen LogP) is 4.90. The van der Waals surface area contributed by atoms with Crippen LogP contribution in [0.25, 0.3) is 0 Å². The van der Waals surface area contributed by atoms with Gasteiger partial charge in [-0.05, 0) is 105 Å². The van der Waals surface area contributed by atoms with Crippen LogP contribution in [0.1, 0.15) is 107 Å². The van der Waals surface area contributed by atoms with Gasteiger partial charge in [0.25, 0.3) is 0 Å². The SMILES string of the molecule is CC(=O)O[C@@H]([C@H]1C[C@@H](C)C2=C(O1)[C@H](O)[C@@]1(C)[C@@H]3CC[C@H]4C(C)(C)[C@@H](O[C@@H](C=O)OCC=O)CC[C@@]45C[C@@]35CC[C@]21C)C(C)(C)O. The predicted molar refractivity (Wildman–Crippen MR) is 164 cm³/mol. The summed E-state index contributed by atoms with van der Waals surface area (Å²) < 4.78 is 23.9. The molecule has 1 aliphatic heterocycles. The molecule has 9 heteroatoms. The summed E-state index contributed by atoms with van der Waals surface area (Å²) in [5.74, 6) is 1.03. The van der Waals surface area contributed by atoms with Crippen LogP contribution in [0.2, 0.25) is 0 Å². The van der Waals surface area contributed by atoms with E-state index in [1.807, 2.05) is 0 Å². The van der Waals surface area contributed by atoms with E-state index in [1.54, 1.807) is 13.8 Å². The minimum absolute atomic E-state index is 0.109. The Labute approximate surface area is 267 Å². The van der Waals surface area contributed by atoms with E-state index in [0.29, 0.717) is 36.6 Å². The van der Waals surface area contributed by atoms with Gasteiger partial charge in [-0.1, -0.05) is 34.6 Å². The number of fused-ring (bicyclic) bond motifs is 3. The van der Waals surface area contributed by atoms with E-state index in [4.69, 9.17) is 18.9 Å². The van der Waals surface area contributed by atoms with E-state index < -0.39 is 41.6 Å². The molecule has 5 aliphatic carbocycles. The topological polar surface area (TPSA) is 129 Å². The molecule has 0 unspecified atom stereocenters. The number of hydrogen-bond donors (Lipinski definition) is 2. The summed E-state index contributed by atoms with van der Waals surface area (Å²) in [6.07, 6.45) is 5.62. The molecule has 12 atom stereocenters. The molecule has 0 bridgehead atoms.